The van der Waals surface area contributed by atoms with Gasteiger partial charge in [-0.1, -0.05) is 0 Å². The third kappa shape index (κ3) is 7.33. The van der Waals surface area contributed by atoms with Gasteiger partial charge in [0, 0.05) is 24.9 Å². The average Bonchev–Trinajstić information content (AvgIpc) is 2.05. The Morgan fingerprint density at radius 2 is 2.31 bits per heavy atom. The van der Waals surface area contributed by atoms with Crippen molar-refractivity contribution in [1.29, 1.82) is 0 Å². The number of rotatable bonds is 6. The molecule has 4 nitrogen and oxygen atoms in total. The lowest BCUT2D eigenvalue weighted by atomic mass is 10.4. The molecule has 0 spiro atoms. The Bertz CT molecular complexity index is 178. The van der Waals surface area contributed by atoms with Gasteiger partial charge in [-0.3, -0.25) is 0 Å². The van der Waals surface area contributed by atoms with Gasteiger partial charge in [0.2, 0.25) is 0 Å². The molecule has 76 valence electrons. The molecule has 0 bridgehead atoms. The van der Waals surface area contributed by atoms with Crippen LogP contribution in [0.3, 0.4) is 0 Å². The molecule has 0 atom stereocenters. The summed E-state index contributed by atoms with van der Waals surface area (Å²) in [6.07, 6.45) is 2.08. The van der Waals surface area contributed by atoms with Crippen LogP contribution in [0.1, 0.15) is 20.3 Å². The molecule has 0 aromatic rings. The summed E-state index contributed by atoms with van der Waals surface area (Å²) < 4.78 is 4.71. The van der Waals surface area contributed by atoms with E-state index >= 15 is 0 Å². The number of ether oxygens (including phenoxy) is 1. The van der Waals surface area contributed by atoms with E-state index in [9.17, 15) is 4.79 Å². The molecule has 13 heavy (non-hydrogen) atoms. The first-order valence-corrected chi connectivity index (χ1v) is 4.40. The molecule has 0 saturated heterocycles. The minimum Gasteiger partial charge on any atom is -0.463 e. The smallest absolute Gasteiger partial charge is 0.332 e. The fourth-order valence-corrected chi connectivity index (χ4v) is 0.776. The summed E-state index contributed by atoms with van der Waals surface area (Å²) in [5.74, 6) is -0.337. The molecule has 2 N–H and O–H groups in total. The van der Waals surface area contributed by atoms with Crippen LogP contribution in [0.5, 0.6) is 0 Å². The fraction of sp³-hybridized carbons (Fsp3) is 0.667. The molecule has 0 saturated carbocycles. The van der Waals surface area contributed by atoms with Crippen molar-refractivity contribution in [3.63, 3.8) is 0 Å². The number of carbonyl (C=O) groups is 1. The Kier molecular flexibility index (Phi) is 7.01. The Morgan fingerprint density at radius 3 is 2.85 bits per heavy atom. The van der Waals surface area contributed by atoms with Crippen LogP contribution < -0.4 is 5.32 Å². The molecule has 0 heterocycles. The van der Waals surface area contributed by atoms with Gasteiger partial charge in [0.15, 0.2) is 0 Å². The Morgan fingerprint density at radius 1 is 1.62 bits per heavy atom. The van der Waals surface area contributed by atoms with E-state index in [-0.39, 0.29) is 12.6 Å². The molecular weight excluding hydrogens is 170 g/mol. The maximum absolute atomic E-state index is 10.9. The lowest BCUT2D eigenvalue weighted by Crippen LogP contribution is -2.15. The van der Waals surface area contributed by atoms with Crippen molar-refractivity contribution in [2.45, 2.75) is 20.3 Å². The summed E-state index contributed by atoms with van der Waals surface area (Å²) in [7, 11) is 0. The number of allylic oxidation sites excluding steroid dienone is 1. The minimum absolute atomic E-state index is 0.152. The summed E-state index contributed by atoms with van der Waals surface area (Å²) in [6, 6.07) is 0. The van der Waals surface area contributed by atoms with Gasteiger partial charge < -0.3 is 15.2 Å². The highest BCUT2D eigenvalue weighted by molar-refractivity contribution is 5.82. The van der Waals surface area contributed by atoms with Crippen LogP contribution in [0.15, 0.2) is 11.8 Å². The molecule has 0 aromatic carbocycles. The van der Waals surface area contributed by atoms with Gasteiger partial charge in [0.25, 0.3) is 0 Å². The van der Waals surface area contributed by atoms with Crippen molar-refractivity contribution >= 4 is 5.97 Å². The number of hydrogen-bond donors (Lipinski definition) is 2. The first kappa shape index (κ1) is 12.0. The Balaban J connectivity index is 3.67. The summed E-state index contributed by atoms with van der Waals surface area (Å²) in [5, 5.41) is 11.5. The van der Waals surface area contributed by atoms with Crippen molar-refractivity contribution in [2.75, 3.05) is 19.8 Å². The quantitative estimate of drug-likeness (QED) is 0.359. The van der Waals surface area contributed by atoms with Gasteiger partial charge in [-0.2, -0.15) is 0 Å². The normalized spacial score (nSPS) is 11.2. The van der Waals surface area contributed by atoms with Gasteiger partial charge in [-0.25, -0.2) is 4.79 Å². The van der Waals surface area contributed by atoms with Crippen molar-refractivity contribution in [1.82, 2.24) is 5.32 Å². The summed E-state index contributed by atoms with van der Waals surface area (Å²) in [5.41, 5.74) is 0.756. The molecule has 0 fully saturated rings. The van der Waals surface area contributed by atoms with E-state index in [2.05, 4.69) is 5.32 Å². The van der Waals surface area contributed by atoms with Crippen LogP contribution in [-0.4, -0.2) is 30.8 Å². The highest BCUT2D eigenvalue weighted by atomic mass is 16.5. The first-order chi connectivity index (χ1) is 6.20. The van der Waals surface area contributed by atoms with E-state index in [1.165, 1.54) is 6.08 Å². The predicted molar refractivity (Wildman–Crippen MR) is 50.1 cm³/mol. The Labute approximate surface area is 78.6 Å². The van der Waals surface area contributed by atoms with Crippen LogP contribution >= 0.6 is 0 Å². The topological polar surface area (TPSA) is 58.6 Å². The highest BCUT2D eigenvalue weighted by Gasteiger charge is 1.96. The van der Waals surface area contributed by atoms with E-state index < -0.39 is 0 Å². The van der Waals surface area contributed by atoms with Crippen molar-refractivity contribution in [3.8, 4) is 0 Å². The fourth-order valence-electron chi connectivity index (χ4n) is 0.776. The molecule has 0 aromatic heterocycles. The van der Waals surface area contributed by atoms with Crippen molar-refractivity contribution < 1.29 is 14.6 Å². The molecule has 0 rings (SSSR count). The van der Waals surface area contributed by atoms with Crippen LogP contribution in [0, 0.1) is 0 Å². The minimum atomic E-state index is -0.337. The molecule has 0 aliphatic carbocycles. The molecule has 4 heteroatoms. The largest absolute Gasteiger partial charge is 0.463 e. The van der Waals surface area contributed by atoms with Crippen molar-refractivity contribution in [3.05, 3.63) is 11.8 Å². The van der Waals surface area contributed by atoms with Crippen LogP contribution in [0.2, 0.25) is 0 Å². The molecule has 0 unspecified atom stereocenters. The van der Waals surface area contributed by atoms with Gasteiger partial charge in [0.05, 0.1) is 6.61 Å². The zero-order valence-corrected chi connectivity index (χ0v) is 8.17. The maximum atomic E-state index is 10.9. The third-order valence-corrected chi connectivity index (χ3v) is 1.36. The molecule has 0 radical (unpaired) electrons. The predicted octanol–water partition coefficient (Wildman–Crippen LogP) is 0.425. The summed E-state index contributed by atoms with van der Waals surface area (Å²) >= 11 is 0. The number of esters is 1. The first-order valence-electron chi connectivity index (χ1n) is 4.40. The second-order valence-corrected chi connectivity index (χ2v) is 2.58. The summed E-state index contributed by atoms with van der Waals surface area (Å²) in [6.45, 7) is 4.76. The lowest BCUT2D eigenvalue weighted by molar-refractivity contribution is -0.137. The number of aliphatic hydroxyl groups excluding tert-OH is 1. The van der Waals surface area contributed by atoms with E-state index in [0.717, 1.165) is 5.70 Å². The van der Waals surface area contributed by atoms with Gasteiger partial charge in [-0.05, 0) is 20.3 Å². The molecule has 0 amide bonds. The number of hydrogen-bond acceptors (Lipinski definition) is 4. The lowest BCUT2D eigenvalue weighted by Gasteiger charge is -2.04. The SMILES string of the molecule is CCOC(=O)/C=C(/C)NCCCO. The van der Waals surface area contributed by atoms with Gasteiger partial charge in [-0.15, -0.1) is 0 Å². The van der Waals surface area contributed by atoms with Crippen LogP contribution in [0.25, 0.3) is 0 Å². The van der Waals surface area contributed by atoms with E-state index in [4.69, 9.17) is 9.84 Å². The molecular formula is C9H17NO3. The zero-order valence-electron chi connectivity index (χ0n) is 8.17. The monoisotopic (exact) mass is 187 g/mol. The second kappa shape index (κ2) is 7.61. The Hall–Kier alpha value is -1.03. The molecule has 0 aliphatic rings. The highest BCUT2D eigenvalue weighted by Crippen LogP contribution is 1.89. The number of aliphatic hydroxyl groups is 1. The number of carbonyl (C=O) groups excluding carboxylic acids is 1. The maximum Gasteiger partial charge on any atom is 0.332 e. The van der Waals surface area contributed by atoms with E-state index in [1.807, 2.05) is 0 Å². The zero-order chi connectivity index (χ0) is 10.1. The standard InChI is InChI=1S/C9H17NO3/c1-3-13-9(12)7-8(2)10-5-4-6-11/h7,10-11H,3-6H2,1-2H3/b8-7-. The van der Waals surface area contributed by atoms with Gasteiger partial charge >= 0.3 is 5.97 Å². The third-order valence-electron chi connectivity index (χ3n) is 1.36. The van der Waals surface area contributed by atoms with E-state index in [1.54, 1.807) is 13.8 Å². The van der Waals surface area contributed by atoms with E-state index in [0.29, 0.717) is 19.6 Å². The second-order valence-electron chi connectivity index (χ2n) is 2.58. The van der Waals surface area contributed by atoms with Crippen LogP contribution in [-0.2, 0) is 9.53 Å². The van der Waals surface area contributed by atoms with Crippen LogP contribution in [0.4, 0.5) is 0 Å². The average molecular weight is 187 g/mol. The molecule has 0 aliphatic heterocycles. The van der Waals surface area contributed by atoms with Crippen molar-refractivity contribution in [2.24, 2.45) is 0 Å². The summed E-state index contributed by atoms with van der Waals surface area (Å²) in [4.78, 5) is 10.9. The number of nitrogens with one attached hydrogen (secondary N) is 1. The van der Waals surface area contributed by atoms with Gasteiger partial charge in [0.1, 0.15) is 0 Å².